The molecule has 0 aliphatic rings. The van der Waals surface area contributed by atoms with Gasteiger partial charge in [-0.05, 0) is 60.7 Å². The van der Waals surface area contributed by atoms with E-state index in [0.29, 0.717) is 5.82 Å². The summed E-state index contributed by atoms with van der Waals surface area (Å²) in [5, 5.41) is 4.32. The van der Waals surface area contributed by atoms with E-state index in [9.17, 15) is 4.39 Å². The second-order valence-electron chi connectivity index (χ2n) is 6.49. The molecule has 0 fully saturated rings. The second-order valence-corrected chi connectivity index (χ2v) is 6.49. The summed E-state index contributed by atoms with van der Waals surface area (Å²) < 4.78 is 13.3. The van der Waals surface area contributed by atoms with Crippen LogP contribution in [0.25, 0.3) is 22.3 Å². The number of para-hydroxylation sites is 1. The maximum Gasteiger partial charge on any atom is 0.162 e. The van der Waals surface area contributed by atoms with Crippen LogP contribution in [0, 0.1) is 5.82 Å². The van der Waals surface area contributed by atoms with Gasteiger partial charge in [-0.25, -0.2) is 14.4 Å². The number of hydrogen-bond donors (Lipinski definition) is 1. The van der Waals surface area contributed by atoms with Crippen molar-refractivity contribution in [1.29, 1.82) is 0 Å². The average Bonchev–Trinajstić information content (AvgIpc) is 2.69. The zero-order chi connectivity index (χ0) is 18.8. The lowest BCUT2D eigenvalue weighted by atomic mass is 10.1. The first-order valence-electron chi connectivity index (χ1n) is 8.67. The molecule has 5 heteroatoms. The normalized spacial score (nSPS) is 10.8. The highest BCUT2D eigenvalue weighted by Gasteiger charge is 2.10. The summed E-state index contributed by atoms with van der Waals surface area (Å²) in [4.78, 5) is 11.4. The molecule has 0 atom stereocenters. The minimum atomic E-state index is -0.279. The number of nitrogens with zero attached hydrogens (tertiary/aromatic N) is 3. The highest BCUT2D eigenvalue weighted by atomic mass is 19.1. The van der Waals surface area contributed by atoms with Gasteiger partial charge in [-0.2, -0.15) is 0 Å². The molecule has 0 aliphatic carbocycles. The van der Waals surface area contributed by atoms with Crippen molar-refractivity contribution in [1.82, 2.24) is 9.97 Å². The summed E-state index contributed by atoms with van der Waals surface area (Å²) in [6.07, 6.45) is 0. The lowest BCUT2D eigenvalue weighted by Gasteiger charge is -2.14. The van der Waals surface area contributed by atoms with Crippen molar-refractivity contribution in [3.8, 4) is 11.4 Å². The van der Waals surface area contributed by atoms with Crippen molar-refractivity contribution >= 4 is 28.1 Å². The molecule has 1 heterocycles. The molecule has 4 aromatic rings. The van der Waals surface area contributed by atoms with E-state index in [4.69, 9.17) is 4.98 Å². The van der Waals surface area contributed by atoms with E-state index >= 15 is 0 Å². The minimum Gasteiger partial charge on any atom is -0.378 e. The van der Waals surface area contributed by atoms with Crippen LogP contribution < -0.4 is 10.2 Å². The van der Waals surface area contributed by atoms with Crippen molar-refractivity contribution in [2.75, 3.05) is 24.3 Å². The molecule has 0 spiro atoms. The van der Waals surface area contributed by atoms with Crippen molar-refractivity contribution in [3.05, 3.63) is 78.6 Å². The molecule has 4 nitrogen and oxygen atoms in total. The Labute approximate surface area is 157 Å². The van der Waals surface area contributed by atoms with Gasteiger partial charge in [-0.1, -0.05) is 12.1 Å². The Morgan fingerprint density at radius 3 is 2.22 bits per heavy atom. The topological polar surface area (TPSA) is 41.0 Å². The Bertz CT molecular complexity index is 1070. The van der Waals surface area contributed by atoms with Crippen LogP contribution in [0.5, 0.6) is 0 Å². The maximum atomic E-state index is 13.3. The molecule has 0 unspecified atom stereocenters. The van der Waals surface area contributed by atoms with Crippen LogP contribution in [0.4, 0.5) is 21.6 Å². The van der Waals surface area contributed by atoms with Crippen molar-refractivity contribution in [2.45, 2.75) is 0 Å². The minimum absolute atomic E-state index is 0.279. The van der Waals surface area contributed by atoms with Gasteiger partial charge in [0.25, 0.3) is 0 Å². The number of halogens is 1. The van der Waals surface area contributed by atoms with E-state index in [1.54, 1.807) is 12.1 Å². The number of aromatic nitrogens is 2. The Balaban J connectivity index is 1.77. The highest BCUT2D eigenvalue weighted by molar-refractivity contribution is 5.92. The van der Waals surface area contributed by atoms with E-state index in [1.807, 2.05) is 62.6 Å². The third kappa shape index (κ3) is 3.58. The molecule has 0 amide bonds. The first kappa shape index (κ1) is 17.0. The SMILES string of the molecule is CN(C)c1ccc(Nc2nc(-c3ccc(F)cc3)nc3ccccc23)cc1. The van der Waals surface area contributed by atoms with E-state index in [0.717, 1.165) is 33.7 Å². The fourth-order valence-electron chi connectivity index (χ4n) is 2.88. The van der Waals surface area contributed by atoms with Crippen molar-refractivity contribution in [2.24, 2.45) is 0 Å². The number of fused-ring (bicyclic) bond motifs is 1. The van der Waals surface area contributed by atoms with Crippen LogP contribution in [-0.4, -0.2) is 24.1 Å². The third-order valence-corrected chi connectivity index (χ3v) is 4.35. The van der Waals surface area contributed by atoms with Crippen molar-refractivity contribution < 1.29 is 4.39 Å². The van der Waals surface area contributed by atoms with Crippen LogP contribution in [0.2, 0.25) is 0 Å². The molecule has 3 aromatic carbocycles. The third-order valence-electron chi connectivity index (χ3n) is 4.35. The molecular formula is C22H19FN4. The fraction of sp³-hybridized carbons (Fsp3) is 0.0909. The Morgan fingerprint density at radius 2 is 1.52 bits per heavy atom. The fourth-order valence-corrected chi connectivity index (χ4v) is 2.88. The monoisotopic (exact) mass is 358 g/mol. The summed E-state index contributed by atoms with van der Waals surface area (Å²) in [5.41, 5.74) is 3.67. The van der Waals surface area contributed by atoms with Crippen LogP contribution in [0.15, 0.2) is 72.8 Å². The first-order valence-corrected chi connectivity index (χ1v) is 8.67. The Kier molecular flexibility index (Phi) is 4.42. The van der Waals surface area contributed by atoms with Gasteiger partial charge in [0, 0.05) is 36.4 Å². The smallest absolute Gasteiger partial charge is 0.162 e. The molecular weight excluding hydrogens is 339 g/mol. The van der Waals surface area contributed by atoms with Gasteiger partial charge in [0.05, 0.1) is 5.52 Å². The summed E-state index contributed by atoms with van der Waals surface area (Å²) in [7, 11) is 4.02. The Hall–Kier alpha value is -3.47. The van der Waals surface area contributed by atoms with E-state index in [1.165, 1.54) is 12.1 Å². The summed E-state index contributed by atoms with van der Waals surface area (Å²) in [6.45, 7) is 0. The number of hydrogen-bond acceptors (Lipinski definition) is 4. The van der Waals surface area contributed by atoms with Crippen LogP contribution >= 0.6 is 0 Å². The quantitative estimate of drug-likeness (QED) is 0.541. The van der Waals surface area contributed by atoms with E-state index in [-0.39, 0.29) is 5.82 Å². The molecule has 134 valence electrons. The predicted octanol–water partition coefficient (Wildman–Crippen LogP) is 5.25. The predicted molar refractivity (Wildman–Crippen MR) is 109 cm³/mol. The first-order chi connectivity index (χ1) is 13.1. The highest BCUT2D eigenvalue weighted by Crippen LogP contribution is 2.28. The zero-order valence-corrected chi connectivity index (χ0v) is 15.1. The van der Waals surface area contributed by atoms with Crippen LogP contribution in [0.3, 0.4) is 0 Å². The maximum absolute atomic E-state index is 13.3. The number of rotatable bonds is 4. The standard InChI is InChI=1S/C22H19FN4/c1-27(2)18-13-11-17(12-14-18)24-22-19-5-3-4-6-20(19)25-21(26-22)15-7-9-16(23)10-8-15/h3-14H,1-2H3,(H,24,25,26). The van der Waals surface area contributed by atoms with Gasteiger partial charge in [-0.3, -0.25) is 0 Å². The molecule has 0 saturated carbocycles. The molecule has 0 bridgehead atoms. The lowest BCUT2D eigenvalue weighted by Crippen LogP contribution is -2.08. The van der Waals surface area contributed by atoms with Gasteiger partial charge in [0.1, 0.15) is 11.6 Å². The molecule has 4 rings (SSSR count). The van der Waals surface area contributed by atoms with Gasteiger partial charge >= 0.3 is 0 Å². The van der Waals surface area contributed by atoms with E-state index in [2.05, 4.69) is 15.2 Å². The molecule has 0 aliphatic heterocycles. The largest absolute Gasteiger partial charge is 0.378 e. The lowest BCUT2D eigenvalue weighted by molar-refractivity contribution is 0.628. The van der Waals surface area contributed by atoms with Gasteiger partial charge in [0.15, 0.2) is 5.82 Å². The van der Waals surface area contributed by atoms with Crippen LogP contribution in [0.1, 0.15) is 0 Å². The second kappa shape index (κ2) is 7.03. The molecule has 0 radical (unpaired) electrons. The average molecular weight is 358 g/mol. The number of nitrogens with one attached hydrogen (secondary N) is 1. The summed E-state index contributed by atoms with van der Waals surface area (Å²) in [5.74, 6) is 0.998. The number of anilines is 3. The van der Waals surface area contributed by atoms with Gasteiger partial charge < -0.3 is 10.2 Å². The van der Waals surface area contributed by atoms with Gasteiger partial charge in [0.2, 0.25) is 0 Å². The molecule has 1 aromatic heterocycles. The molecule has 0 saturated heterocycles. The van der Waals surface area contributed by atoms with Crippen molar-refractivity contribution in [3.63, 3.8) is 0 Å². The Morgan fingerprint density at radius 1 is 0.815 bits per heavy atom. The number of benzene rings is 3. The summed E-state index contributed by atoms with van der Waals surface area (Å²) in [6, 6.07) is 22.2. The van der Waals surface area contributed by atoms with Gasteiger partial charge in [-0.15, -0.1) is 0 Å². The zero-order valence-electron chi connectivity index (χ0n) is 15.1. The molecule has 27 heavy (non-hydrogen) atoms. The van der Waals surface area contributed by atoms with Crippen LogP contribution in [-0.2, 0) is 0 Å². The van der Waals surface area contributed by atoms with E-state index < -0.39 is 0 Å². The summed E-state index contributed by atoms with van der Waals surface area (Å²) >= 11 is 0. The molecule has 1 N–H and O–H groups in total.